The summed E-state index contributed by atoms with van der Waals surface area (Å²) < 4.78 is 56.5. The lowest BCUT2D eigenvalue weighted by atomic mass is 9.97. The number of benzene rings is 3. The van der Waals surface area contributed by atoms with E-state index < -0.39 is 23.3 Å². The zero-order valence-electron chi connectivity index (χ0n) is 19.3. The van der Waals surface area contributed by atoms with Crippen molar-refractivity contribution in [2.24, 2.45) is 0 Å². The van der Waals surface area contributed by atoms with Crippen LogP contribution < -0.4 is 20.2 Å². The first kappa shape index (κ1) is 22.5. The van der Waals surface area contributed by atoms with Crippen LogP contribution in [-0.2, 0) is 0 Å². The van der Waals surface area contributed by atoms with E-state index in [-0.39, 0.29) is 0 Å². The Morgan fingerprint density at radius 2 is 0.912 bits per heavy atom. The van der Waals surface area contributed by atoms with Crippen molar-refractivity contribution in [2.45, 2.75) is 39.5 Å². The summed E-state index contributed by atoms with van der Waals surface area (Å²) >= 11 is 0. The van der Waals surface area contributed by atoms with E-state index in [0.29, 0.717) is 35.6 Å². The van der Waals surface area contributed by atoms with E-state index in [1.54, 1.807) is 0 Å². The minimum Gasteiger partial charge on any atom is -0.340 e. The van der Waals surface area contributed by atoms with E-state index in [1.807, 2.05) is 34.1 Å². The van der Waals surface area contributed by atoms with Crippen LogP contribution in [0, 0.1) is 23.3 Å². The maximum Gasteiger partial charge on any atom is 0.160 e. The molecule has 2 aliphatic rings. The molecule has 2 nitrogen and oxygen atoms in total. The Bertz CT molecular complexity index is 1290. The second-order valence-electron chi connectivity index (χ2n) is 8.92. The molecule has 6 heteroatoms. The fourth-order valence-corrected chi connectivity index (χ4v) is 4.82. The van der Waals surface area contributed by atoms with Gasteiger partial charge in [-0.15, -0.1) is 0 Å². The molecule has 176 valence electrons. The second-order valence-corrected chi connectivity index (χ2v) is 8.92. The lowest BCUT2D eigenvalue weighted by molar-refractivity contribution is 0.508. The molecule has 3 aromatic rings. The summed E-state index contributed by atoms with van der Waals surface area (Å²) in [5.74, 6) is -3.51. The molecule has 0 spiro atoms. The van der Waals surface area contributed by atoms with Crippen LogP contribution in [0.3, 0.4) is 0 Å². The Kier molecular flexibility index (Phi) is 5.84. The molecule has 0 N–H and O–H groups in total. The summed E-state index contributed by atoms with van der Waals surface area (Å²) in [7, 11) is 0. The first-order chi connectivity index (χ1) is 16.4. The predicted molar refractivity (Wildman–Crippen MR) is 129 cm³/mol. The highest BCUT2D eigenvalue weighted by atomic mass is 19.2. The van der Waals surface area contributed by atoms with Gasteiger partial charge in [0.2, 0.25) is 0 Å². The second kappa shape index (κ2) is 8.82. The van der Waals surface area contributed by atoms with Gasteiger partial charge in [-0.1, -0.05) is 26.7 Å². The van der Waals surface area contributed by atoms with Crippen molar-refractivity contribution in [3.8, 4) is 0 Å². The Labute approximate surface area is 196 Å². The van der Waals surface area contributed by atoms with Crippen LogP contribution >= 0.6 is 0 Å². The Morgan fingerprint density at radius 3 is 1.29 bits per heavy atom. The van der Waals surface area contributed by atoms with Crippen LogP contribution in [0.25, 0.3) is 12.2 Å². The number of halogens is 4. The van der Waals surface area contributed by atoms with Gasteiger partial charge in [-0.25, -0.2) is 17.6 Å². The fraction of sp³-hybridized carbons (Fsp3) is 0.286. The van der Waals surface area contributed by atoms with Gasteiger partial charge in [0, 0.05) is 58.2 Å². The molecule has 2 heterocycles. The van der Waals surface area contributed by atoms with Crippen molar-refractivity contribution < 1.29 is 17.6 Å². The predicted octanol–water partition coefficient (Wildman–Crippen LogP) is 6.40. The summed E-state index contributed by atoms with van der Waals surface area (Å²) in [6.07, 6.45) is 7.41. The average Bonchev–Trinajstić information content (AvgIpc) is 2.81. The minimum absolute atomic E-state index is 0.621. The molecule has 0 unspecified atom stereocenters. The molecule has 34 heavy (non-hydrogen) atoms. The molecular formula is C28H26F4N2. The largest absolute Gasteiger partial charge is 0.340 e. The molecule has 0 amide bonds. The van der Waals surface area contributed by atoms with Gasteiger partial charge in [0.15, 0.2) is 23.3 Å². The third kappa shape index (κ3) is 3.75. The van der Waals surface area contributed by atoms with Gasteiger partial charge in [0.25, 0.3) is 0 Å². The maximum atomic E-state index is 14.2. The molecule has 0 aliphatic carbocycles. The third-order valence-corrected chi connectivity index (χ3v) is 6.57. The smallest absolute Gasteiger partial charge is 0.160 e. The van der Waals surface area contributed by atoms with Gasteiger partial charge in [-0.3, -0.25) is 0 Å². The standard InChI is InChI=1S/C28H26F4N2/c1-3-5-7-33-25-13-20-10-18-12-22(30)24(32)16-28(18)34(8-6-4-2)26(20)14-19(25)9-17-11-21(29)23(31)15-27(17)33/h9-16H,3-8H2,1-2H3. The number of fused-ring (bicyclic) bond motifs is 4. The molecule has 0 fully saturated rings. The number of unbranched alkanes of at least 4 members (excludes halogenated alkanes) is 2. The van der Waals surface area contributed by atoms with Gasteiger partial charge >= 0.3 is 0 Å². The molecule has 0 saturated heterocycles. The van der Waals surface area contributed by atoms with E-state index >= 15 is 0 Å². The van der Waals surface area contributed by atoms with Crippen molar-refractivity contribution in [3.05, 3.63) is 81.2 Å². The van der Waals surface area contributed by atoms with Crippen LogP contribution in [0.5, 0.6) is 0 Å². The van der Waals surface area contributed by atoms with Crippen molar-refractivity contribution in [1.29, 1.82) is 0 Å². The van der Waals surface area contributed by atoms with Crippen molar-refractivity contribution in [3.63, 3.8) is 0 Å². The minimum atomic E-state index is -0.879. The van der Waals surface area contributed by atoms with Crippen LogP contribution in [0.2, 0.25) is 0 Å². The van der Waals surface area contributed by atoms with E-state index in [1.165, 1.54) is 24.3 Å². The first-order valence-corrected chi connectivity index (χ1v) is 11.8. The van der Waals surface area contributed by atoms with Crippen molar-refractivity contribution >= 4 is 34.9 Å². The number of hydrogen-bond acceptors (Lipinski definition) is 2. The molecule has 0 atom stereocenters. The monoisotopic (exact) mass is 466 g/mol. The number of nitrogens with zero attached hydrogens (tertiary/aromatic N) is 2. The van der Waals surface area contributed by atoms with Gasteiger partial charge < -0.3 is 9.80 Å². The Morgan fingerprint density at radius 1 is 0.529 bits per heavy atom. The number of anilines is 4. The first-order valence-electron chi connectivity index (χ1n) is 11.8. The van der Waals surface area contributed by atoms with Crippen molar-refractivity contribution in [2.75, 3.05) is 22.9 Å². The van der Waals surface area contributed by atoms with E-state index in [2.05, 4.69) is 13.8 Å². The van der Waals surface area contributed by atoms with Gasteiger partial charge in [-0.2, -0.15) is 0 Å². The molecule has 3 aromatic carbocycles. The third-order valence-electron chi connectivity index (χ3n) is 6.57. The Balaban J connectivity index is 1.76. The zero-order chi connectivity index (χ0) is 24.0. The molecule has 0 radical (unpaired) electrons. The van der Waals surface area contributed by atoms with Gasteiger partial charge in [-0.05, 0) is 49.3 Å². The SMILES string of the molecule is CCCCN1c2cc(F)c(F)cc2C=c2cc3c(cc21)=Cc1cc(F)c(F)cc1N3CCCC. The van der Waals surface area contributed by atoms with Crippen LogP contribution in [0.4, 0.5) is 40.3 Å². The van der Waals surface area contributed by atoms with E-state index in [4.69, 9.17) is 0 Å². The normalized spacial score (nSPS) is 13.5. The van der Waals surface area contributed by atoms with Crippen molar-refractivity contribution in [1.82, 2.24) is 0 Å². The zero-order valence-corrected chi connectivity index (χ0v) is 19.3. The molecule has 0 aromatic heterocycles. The van der Waals surface area contributed by atoms with E-state index in [9.17, 15) is 17.6 Å². The van der Waals surface area contributed by atoms with Crippen LogP contribution in [-0.4, -0.2) is 13.1 Å². The molecule has 0 bridgehead atoms. The fourth-order valence-electron chi connectivity index (χ4n) is 4.82. The maximum absolute atomic E-state index is 14.2. The van der Waals surface area contributed by atoms with Crippen LogP contribution in [0.1, 0.15) is 50.7 Å². The lowest BCUT2D eigenvalue weighted by Gasteiger charge is -2.34. The van der Waals surface area contributed by atoms with Gasteiger partial charge in [0.1, 0.15) is 0 Å². The average molecular weight is 467 g/mol. The summed E-state index contributed by atoms with van der Waals surface area (Å²) in [5.41, 5.74) is 4.29. The molecule has 5 rings (SSSR count). The molecular weight excluding hydrogens is 440 g/mol. The summed E-state index contributed by atoms with van der Waals surface area (Å²) in [6, 6.07) is 9.02. The highest BCUT2D eigenvalue weighted by molar-refractivity contribution is 5.86. The number of rotatable bonds is 6. The molecule has 2 aliphatic heterocycles. The van der Waals surface area contributed by atoms with Gasteiger partial charge in [0.05, 0.1) is 11.4 Å². The highest BCUT2D eigenvalue weighted by Gasteiger charge is 2.25. The summed E-state index contributed by atoms with van der Waals surface area (Å²) in [5, 5.41) is 1.77. The molecule has 0 saturated carbocycles. The summed E-state index contributed by atoms with van der Waals surface area (Å²) in [6.45, 7) is 5.48. The number of hydrogen-bond donors (Lipinski definition) is 0. The Hall–Kier alpha value is -3.28. The van der Waals surface area contributed by atoms with E-state index in [0.717, 1.165) is 47.5 Å². The summed E-state index contributed by atoms with van der Waals surface area (Å²) in [4.78, 5) is 4.06. The van der Waals surface area contributed by atoms with Crippen LogP contribution in [0.15, 0.2) is 36.4 Å². The quantitative estimate of drug-likeness (QED) is 0.388. The topological polar surface area (TPSA) is 6.48 Å². The lowest BCUT2D eigenvalue weighted by Crippen LogP contribution is -2.35. The highest BCUT2D eigenvalue weighted by Crippen LogP contribution is 2.36.